The SMILES string of the molecule is Cc1ccc(C2CC3(CCN2C(=O)OCc2ccccc2)CC(O)C3)cc1. The van der Waals surface area contributed by atoms with E-state index < -0.39 is 0 Å². The molecule has 1 aliphatic heterocycles. The maximum atomic E-state index is 12.9. The van der Waals surface area contributed by atoms with Crippen LogP contribution >= 0.6 is 0 Å². The summed E-state index contributed by atoms with van der Waals surface area (Å²) >= 11 is 0. The number of carbonyl (C=O) groups excluding carboxylic acids is 1. The molecule has 4 nitrogen and oxygen atoms in total. The summed E-state index contributed by atoms with van der Waals surface area (Å²) in [6.07, 6.45) is 3.10. The number of rotatable bonds is 3. The minimum atomic E-state index is -0.251. The zero-order valence-corrected chi connectivity index (χ0v) is 15.8. The van der Waals surface area contributed by atoms with E-state index in [1.54, 1.807) is 0 Å². The van der Waals surface area contributed by atoms with E-state index in [1.807, 2.05) is 35.2 Å². The number of amides is 1. The van der Waals surface area contributed by atoms with Gasteiger partial charge in [-0.3, -0.25) is 0 Å². The third kappa shape index (κ3) is 3.86. The lowest BCUT2D eigenvalue weighted by Crippen LogP contribution is -2.51. The second-order valence-corrected chi connectivity index (χ2v) is 8.18. The number of aliphatic hydroxyl groups is 1. The number of piperidine rings is 1. The molecule has 1 saturated carbocycles. The van der Waals surface area contributed by atoms with Crippen molar-refractivity contribution in [3.63, 3.8) is 0 Å². The molecule has 1 amide bonds. The molecule has 2 aromatic rings. The molecular weight excluding hydrogens is 338 g/mol. The number of aryl methyl sites for hydroxylation is 1. The molecule has 1 aliphatic carbocycles. The van der Waals surface area contributed by atoms with E-state index in [0.29, 0.717) is 13.2 Å². The lowest BCUT2D eigenvalue weighted by Gasteiger charge is -2.53. The number of hydrogen-bond donors (Lipinski definition) is 1. The van der Waals surface area contributed by atoms with Gasteiger partial charge in [-0.2, -0.15) is 0 Å². The average Bonchev–Trinajstić information content (AvgIpc) is 2.66. The van der Waals surface area contributed by atoms with Gasteiger partial charge in [0.1, 0.15) is 6.61 Å². The van der Waals surface area contributed by atoms with E-state index in [9.17, 15) is 9.90 Å². The summed E-state index contributed by atoms with van der Waals surface area (Å²) < 4.78 is 5.62. The number of benzene rings is 2. The van der Waals surface area contributed by atoms with E-state index in [2.05, 4.69) is 31.2 Å². The van der Waals surface area contributed by atoms with Crippen molar-refractivity contribution in [3.8, 4) is 0 Å². The Morgan fingerprint density at radius 2 is 1.81 bits per heavy atom. The molecule has 1 saturated heterocycles. The predicted molar refractivity (Wildman–Crippen MR) is 104 cm³/mol. The molecule has 2 fully saturated rings. The Balaban J connectivity index is 1.50. The first-order valence-corrected chi connectivity index (χ1v) is 9.77. The van der Waals surface area contributed by atoms with Gasteiger partial charge in [-0.15, -0.1) is 0 Å². The second-order valence-electron chi connectivity index (χ2n) is 8.18. The maximum absolute atomic E-state index is 12.9. The lowest BCUT2D eigenvalue weighted by atomic mass is 9.59. The van der Waals surface area contributed by atoms with Crippen molar-refractivity contribution in [2.24, 2.45) is 5.41 Å². The highest BCUT2D eigenvalue weighted by atomic mass is 16.6. The molecule has 1 atom stereocenters. The van der Waals surface area contributed by atoms with Crippen LogP contribution in [0.4, 0.5) is 4.79 Å². The first-order valence-electron chi connectivity index (χ1n) is 9.77. The van der Waals surface area contributed by atoms with Gasteiger partial charge in [0.05, 0.1) is 12.1 Å². The van der Waals surface area contributed by atoms with Crippen molar-refractivity contribution in [3.05, 3.63) is 71.3 Å². The summed E-state index contributed by atoms with van der Waals surface area (Å²) in [5.74, 6) is 0. The van der Waals surface area contributed by atoms with Gasteiger partial charge in [0.15, 0.2) is 0 Å². The molecule has 142 valence electrons. The molecule has 0 radical (unpaired) electrons. The Morgan fingerprint density at radius 3 is 2.48 bits per heavy atom. The highest BCUT2D eigenvalue weighted by Gasteiger charge is 2.49. The van der Waals surface area contributed by atoms with Gasteiger partial charge in [-0.05, 0) is 49.1 Å². The third-order valence-corrected chi connectivity index (χ3v) is 6.12. The van der Waals surface area contributed by atoms with Crippen LogP contribution in [-0.2, 0) is 11.3 Å². The van der Waals surface area contributed by atoms with Gasteiger partial charge in [0.25, 0.3) is 0 Å². The molecule has 0 aromatic heterocycles. The standard InChI is InChI=1S/C23H27NO3/c1-17-7-9-19(10-8-17)21-15-23(13-20(25)14-23)11-12-24(21)22(26)27-16-18-5-3-2-4-6-18/h2-10,20-21,25H,11-16H2,1H3. The van der Waals surface area contributed by atoms with Crippen LogP contribution in [0, 0.1) is 12.3 Å². The van der Waals surface area contributed by atoms with Crippen molar-refractivity contribution in [2.45, 2.75) is 51.4 Å². The van der Waals surface area contributed by atoms with Crippen LogP contribution in [0.25, 0.3) is 0 Å². The van der Waals surface area contributed by atoms with Crippen LogP contribution in [0.3, 0.4) is 0 Å². The van der Waals surface area contributed by atoms with E-state index in [0.717, 1.165) is 36.8 Å². The van der Waals surface area contributed by atoms with Gasteiger partial charge < -0.3 is 14.7 Å². The van der Waals surface area contributed by atoms with Gasteiger partial charge in [0, 0.05) is 6.54 Å². The van der Waals surface area contributed by atoms with E-state index in [-0.39, 0.29) is 23.7 Å². The number of ether oxygens (including phenoxy) is 1. The predicted octanol–water partition coefficient (Wildman–Crippen LogP) is 4.61. The first kappa shape index (κ1) is 18.1. The molecule has 1 heterocycles. The zero-order valence-electron chi connectivity index (χ0n) is 15.8. The van der Waals surface area contributed by atoms with Crippen molar-refractivity contribution in [1.82, 2.24) is 4.90 Å². The molecule has 1 spiro atoms. The van der Waals surface area contributed by atoms with Crippen LogP contribution in [0.2, 0.25) is 0 Å². The third-order valence-electron chi connectivity index (χ3n) is 6.12. The molecule has 4 rings (SSSR count). The molecule has 0 bridgehead atoms. The minimum Gasteiger partial charge on any atom is -0.445 e. The number of likely N-dealkylation sites (tertiary alicyclic amines) is 1. The normalized spacial score (nSPS) is 27.3. The summed E-state index contributed by atoms with van der Waals surface area (Å²) in [5, 5.41) is 9.84. The van der Waals surface area contributed by atoms with Crippen LogP contribution in [-0.4, -0.2) is 28.7 Å². The summed E-state index contributed by atoms with van der Waals surface area (Å²) in [7, 11) is 0. The minimum absolute atomic E-state index is 0.00937. The van der Waals surface area contributed by atoms with Gasteiger partial charge in [0.2, 0.25) is 0 Å². The van der Waals surface area contributed by atoms with Gasteiger partial charge in [-0.1, -0.05) is 60.2 Å². The van der Waals surface area contributed by atoms with Crippen molar-refractivity contribution >= 4 is 6.09 Å². The lowest BCUT2D eigenvalue weighted by molar-refractivity contribution is -0.0825. The number of carbonyl (C=O) groups is 1. The van der Waals surface area contributed by atoms with Crippen LogP contribution in [0.15, 0.2) is 54.6 Å². The van der Waals surface area contributed by atoms with Gasteiger partial charge >= 0.3 is 6.09 Å². The summed E-state index contributed by atoms with van der Waals surface area (Å²) in [6, 6.07) is 18.2. The Morgan fingerprint density at radius 1 is 1.11 bits per heavy atom. The molecule has 1 unspecified atom stereocenters. The Bertz CT molecular complexity index is 781. The highest BCUT2D eigenvalue weighted by Crippen LogP contribution is 2.54. The fraction of sp³-hybridized carbons (Fsp3) is 0.435. The van der Waals surface area contributed by atoms with E-state index in [4.69, 9.17) is 4.74 Å². The van der Waals surface area contributed by atoms with Crippen LogP contribution in [0.1, 0.15) is 48.4 Å². The smallest absolute Gasteiger partial charge is 0.410 e. The fourth-order valence-electron chi connectivity index (χ4n) is 4.55. The molecule has 4 heteroatoms. The topological polar surface area (TPSA) is 49.8 Å². The molecule has 1 N–H and O–H groups in total. The monoisotopic (exact) mass is 365 g/mol. The fourth-order valence-corrected chi connectivity index (χ4v) is 4.55. The van der Waals surface area contributed by atoms with Crippen molar-refractivity contribution < 1.29 is 14.6 Å². The quantitative estimate of drug-likeness (QED) is 0.864. The molecule has 2 aromatic carbocycles. The van der Waals surface area contributed by atoms with Gasteiger partial charge in [-0.25, -0.2) is 4.79 Å². The highest BCUT2D eigenvalue weighted by molar-refractivity contribution is 5.68. The van der Waals surface area contributed by atoms with Crippen molar-refractivity contribution in [1.29, 1.82) is 0 Å². The van der Waals surface area contributed by atoms with Crippen LogP contribution < -0.4 is 0 Å². The van der Waals surface area contributed by atoms with Crippen LogP contribution in [0.5, 0.6) is 0 Å². The Hall–Kier alpha value is -2.33. The average molecular weight is 365 g/mol. The summed E-state index contributed by atoms with van der Waals surface area (Å²) in [5.41, 5.74) is 3.53. The Labute approximate surface area is 160 Å². The second kappa shape index (κ2) is 7.35. The number of nitrogens with zero attached hydrogens (tertiary/aromatic N) is 1. The molecular formula is C23H27NO3. The number of hydrogen-bond acceptors (Lipinski definition) is 3. The zero-order chi connectivity index (χ0) is 18.9. The van der Waals surface area contributed by atoms with E-state index in [1.165, 1.54) is 5.56 Å². The maximum Gasteiger partial charge on any atom is 0.410 e. The first-order chi connectivity index (χ1) is 13.0. The van der Waals surface area contributed by atoms with E-state index >= 15 is 0 Å². The summed E-state index contributed by atoms with van der Waals surface area (Å²) in [4.78, 5) is 14.7. The number of aliphatic hydroxyl groups excluding tert-OH is 1. The van der Waals surface area contributed by atoms with Crippen molar-refractivity contribution in [2.75, 3.05) is 6.54 Å². The molecule has 27 heavy (non-hydrogen) atoms. The largest absolute Gasteiger partial charge is 0.445 e. The summed E-state index contributed by atoms with van der Waals surface area (Å²) in [6.45, 7) is 3.04. The molecule has 2 aliphatic rings. The Kier molecular flexibility index (Phi) is 4.92.